The summed E-state index contributed by atoms with van der Waals surface area (Å²) in [5, 5.41) is 0.770. The summed E-state index contributed by atoms with van der Waals surface area (Å²) in [7, 11) is 0. The minimum Gasteiger partial charge on any atom is -0.453 e. The minimum atomic E-state index is -0.337. The molecule has 2 nitrogen and oxygen atoms in total. The van der Waals surface area contributed by atoms with Gasteiger partial charge in [-0.2, -0.15) is 0 Å². The zero-order valence-corrected chi connectivity index (χ0v) is 10.6. The van der Waals surface area contributed by atoms with Crippen molar-refractivity contribution in [2.45, 2.75) is 13.0 Å². The Kier molecular flexibility index (Phi) is 2.84. The van der Waals surface area contributed by atoms with E-state index >= 15 is 0 Å². The van der Waals surface area contributed by atoms with Crippen molar-refractivity contribution >= 4 is 11.0 Å². The molecule has 0 radical (unpaired) electrons. The summed E-state index contributed by atoms with van der Waals surface area (Å²) >= 11 is 0. The molecular weight excluding hydrogens is 241 g/mol. The van der Waals surface area contributed by atoms with Crippen LogP contribution in [0.2, 0.25) is 0 Å². The summed E-state index contributed by atoms with van der Waals surface area (Å²) in [5.74, 6) is 0.326. The van der Waals surface area contributed by atoms with E-state index in [2.05, 4.69) is 0 Å². The Morgan fingerprint density at radius 3 is 2.47 bits per heavy atom. The van der Waals surface area contributed by atoms with Gasteiger partial charge in [0, 0.05) is 17.0 Å². The Labute approximate surface area is 110 Å². The van der Waals surface area contributed by atoms with Gasteiger partial charge in [-0.05, 0) is 24.6 Å². The van der Waals surface area contributed by atoms with Gasteiger partial charge in [0.1, 0.15) is 5.76 Å². The van der Waals surface area contributed by atoms with Gasteiger partial charge < -0.3 is 10.2 Å². The molecule has 19 heavy (non-hydrogen) atoms. The van der Waals surface area contributed by atoms with Crippen molar-refractivity contribution in [1.29, 1.82) is 0 Å². The van der Waals surface area contributed by atoms with Crippen LogP contribution < -0.4 is 5.73 Å². The van der Waals surface area contributed by atoms with E-state index in [4.69, 9.17) is 10.2 Å². The van der Waals surface area contributed by atoms with E-state index in [0.717, 1.165) is 16.5 Å². The molecule has 3 heteroatoms. The van der Waals surface area contributed by atoms with E-state index in [1.165, 1.54) is 6.07 Å². The van der Waals surface area contributed by atoms with Crippen LogP contribution in [0.15, 0.2) is 52.9 Å². The number of hydrogen-bond donors (Lipinski definition) is 1. The van der Waals surface area contributed by atoms with E-state index in [-0.39, 0.29) is 11.9 Å². The average Bonchev–Trinajstić information content (AvgIpc) is 2.84. The lowest BCUT2D eigenvalue weighted by Gasteiger charge is -2.05. The second kappa shape index (κ2) is 4.52. The molecule has 0 aliphatic rings. The van der Waals surface area contributed by atoms with Crippen molar-refractivity contribution in [1.82, 2.24) is 0 Å². The van der Waals surface area contributed by atoms with E-state index in [9.17, 15) is 4.39 Å². The van der Waals surface area contributed by atoms with Crippen molar-refractivity contribution in [3.05, 3.63) is 59.9 Å². The third-order valence-electron chi connectivity index (χ3n) is 3.22. The smallest absolute Gasteiger partial charge is 0.170 e. The standard InChI is InChI=1S/C16H14FNO/c1-10(18)11-5-7-12(8-6-11)15-9-13-3-2-4-14(17)16(13)19-15/h2-10H,18H2,1H3. The molecule has 0 bridgehead atoms. The minimum absolute atomic E-state index is 0.00201. The SMILES string of the molecule is CC(N)c1ccc(-c2cc3cccc(F)c3o2)cc1. The van der Waals surface area contributed by atoms with Gasteiger partial charge in [-0.25, -0.2) is 4.39 Å². The fraction of sp³-hybridized carbons (Fsp3) is 0.125. The Balaban J connectivity index is 2.06. The van der Waals surface area contributed by atoms with Gasteiger partial charge in [-0.3, -0.25) is 0 Å². The van der Waals surface area contributed by atoms with Crippen molar-refractivity contribution in [3.8, 4) is 11.3 Å². The largest absolute Gasteiger partial charge is 0.453 e. The average molecular weight is 255 g/mol. The molecule has 0 fully saturated rings. The number of rotatable bonds is 2. The third kappa shape index (κ3) is 2.13. The number of benzene rings is 2. The Morgan fingerprint density at radius 1 is 1.11 bits per heavy atom. The van der Waals surface area contributed by atoms with Gasteiger partial charge in [0.15, 0.2) is 11.4 Å². The molecule has 1 unspecified atom stereocenters. The van der Waals surface area contributed by atoms with Crippen molar-refractivity contribution in [2.75, 3.05) is 0 Å². The van der Waals surface area contributed by atoms with Crippen LogP contribution in [0.3, 0.4) is 0 Å². The first-order chi connectivity index (χ1) is 9.15. The third-order valence-corrected chi connectivity index (χ3v) is 3.22. The molecule has 0 aliphatic carbocycles. The summed E-state index contributed by atoms with van der Waals surface area (Å²) in [4.78, 5) is 0. The van der Waals surface area contributed by atoms with Gasteiger partial charge >= 0.3 is 0 Å². The van der Waals surface area contributed by atoms with E-state index in [0.29, 0.717) is 11.3 Å². The topological polar surface area (TPSA) is 39.2 Å². The summed E-state index contributed by atoms with van der Waals surface area (Å²) in [6, 6.07) is 14.6. The maximum absolute atomic E-state index is 13.6. The monoisotopic (exact) mass is 255 g/mol. The first kappa shape index (κ1) is 11.9. The normalized spacial score (nSPS) is 12.8. The number of fused-ring (bicyclic) bond motifs is 1. The first-order valence-electron chi connectivity index (χ1n) is 6.19. The molecule has 3 aromatic rings. The number of nitrogens with two attached hydrogens (primary N) is 1. The highest BCUT2D eigenvalue weighted by Gasteiger charge is 2.09. The zero-order chi connectivity index (χ0) is 13.4. The van der Waals surface area contributed by atoms with E-state index < -0.39 is 0 Å². The van der Waals surface area contributed by atoms with Crippen molar-refractivity contribution in [2.24, 2.45) is 5.73 Å². The summed E-state index contributed by atoms with van der Waals surface area (Å²) in [5.41, 5.74) is 8.09. The molecule has 96 valence electrons. The lowest BCUT2D eigenvalue weighted by atomic mass is 10.1. The highest BCUT2D eigenvalue weighted by atomic mass is 19.1. The molecule has 0 saturated heterocycles. The van der Waals surface area contributed by atoms with Crippen LogP contribution >= 0.6 is 0 Å². The highest BCUT2D eigenvalue weighted by molar-refractivity contribution is 5.83. The van der Waals surface area contributed by atoms with Crippen LogP contribution in [0.4, 0.5) is 4.39 Å². The molecule has 0 amide bonds. The van der Waals surface area contributed by atoms with E-state index in [1.807, 2.05) is 43.3 Å². The second-order valence-corrected chi connectivity index (χ2v) is 4.68. The van der Waals surface area contributed by atoms with Crippen molar-refractivity contribution < 1.29 is 8.81 Å². The molecule has 1 heterocycles. The number of para-hydroxylation sites is 1. The van der Waals surface area contributed by atoms with Gasteiger partial charge in [0.25, 0.3) is 0 Å². The fourth-order valence-corrected chi connectivity index (χ4v) is 2.12. The predicted octanol–water partition coefficient (Wildman–Crippen LogP) is 4.26. The molecule has 1 aromatic heterocycles. The maximum atomic E-state index is 13.6. The quantitative estimate of drug-likeness (QED) is 0.743. The Morgan fingerprint density at radius 2 is 1.84 bits per heavy atom. The first-order valence-corrected chi connectivity index (χ1v) is 6.19. The van der Waals surface area contributed by atoms with Crippen LogP contribution in [0.25, 0.3) is 22.3 Å². The summed E-state index contributed by atoms with van der Waals surface area (Å²) in [6.45, 7) is 1.94. The highest BCUT2D eigenvalue weighted by Crippen LogP contribution is 2.29. The Bertz CT molecular complexity index is 713. The van der Waals surface area contributed by atoms with Crippen LogP contribution in [0.1, 0.15) is 18.5 Å². The van der Waals surface area contributed by atoms with Gasteiger partial charge in [-0.15, -0.1) is 0 Å². The van der Waals surface area contributed by atoms with Crippen LogP contribution in [-0.4, -0.2) is 0 Å². The van der Waals surface area contributed by atoms with Crippen LogP contribution in [0, 0.1) is 5.82 Å². The molecule has 1 atom stereocenters. The summed E-state index contributed by atoms with van der Waals surface area (Å²) in [6.07, 6.45) is 0. The number of furan rings is 1. The van der Waals surface area contributed by atoms with Crippen molar-refractivity contribution in [3.63, 3.8) is 0 Å². The lowest BCUT2D eigenvalue weighted by molar-refractivity contribution is 0.569. The van der Waals surface area contributed by atoms with Crippen LogP contribution in [-0.2, 0) is 0 Å². The number of halogens is 1. The van der Waals surface area contributed by atoms with Gasteiger partial charge in [-0.1, -0.05) is 36.4 Å². The number of hydrogen-bond acceptors (Lipinski definition) is 2. The molecule has 0 spiro atoms. The lowest BCUT2D eigenvalue weighted by Crippen LogP contribution is -2.04. The molecule has 3 rings (SSSR count). The molecule has 0 aliphatic heterocycles. The van der Waals surface area contributed by atoms with Crippen LogP contribution in [0.5, 0.6) is 0 Å². The zero-order valence-electron chi connectivity index (χ0n) is 10.6. The fourth-order valence-electron chi connectivity index (χ4n) is 2.12. The molecule has 2 N–H and O–H groups in total. The molecule has 0 saturated carbocycles. The Hall–Kier alpha value is -2.13. The van der Waals surface area contributed by atoms with Gasteiger partial charge in [0.05, 0.1) is 0 Å². The second-order valence-electron chi connectivity index (χ2n) is 4.68. The maximum Gasteiger partial charge on any atom is 0.170 e. The van der Waals surface area contributed by atoms with Gasteiger partial charge in [0.2, 0.25) is 0 Å². The summed E-state index contributed by atoms with van der Waals surface area (Å²) < 4.78 is 19.2. The molecule has 2 aromatic carbocycles. The predicted molar refractivity (Wildman–Crippen MR) is 74.2 cm³/mol. The van der Waals surface area contributed by atoms with E-state index in [1.54, 1.807) is 6.07 Å². The molecular formula is C16H14FNO.